The number of piperidine rings is 1. The Balaban J connectivity index is 2.74. The molecule has 1 heterocycles. The summed E-state index contributed by atoms with van der Waals surface area (Å²) in [6.07, 6.45) is 2.44. The Morgan fingerprint density at radius 2 is 2.08 bits per heavy atom. The van der Waals surface area contributed by atoms with Crippen molar-refractivity contribution in [2.24, 2.45) is 11.8 Å². The van der Waals surface area contributed by atoms with Gasteiger partial charge in [0.1, 0.15) is 0 Å². The largest absolute Gasteiger partial charge is 0.339 e. The van der Waals surface area contributed by atoms with Crippen molar-refractivity contribution in [2.75, 3.05) is 6.54 Å². The lowest BCUT2D eigenvalue weighted by molar-refractivity contribution is -0.135. The molecule has 2 heteroatoms. The van der Waals surface area contributed by atoms with Crippen LogP contribution in [0.2, 0.25) is 0 Å². The fraction of sp³-hybridized carbons (Fsp3) is 0.909. The Bertz CT molecular complexity index is 189. The van der Waals surface area contributed by atoms with E-state index in [1.54, 1.807) is 6.92 Å². The highest BCUT2D eigenvalue weighted by atomic mass is 16.2. The molecule has 0 N–H and O–H groups in total. The van der Waals surface area contributed by atoms with Crippen molar-refractivity contribution in [3.8, 4) is 0 Å². The van der Waals surface area contributed by atoms with Gasteiger partial charge in [0.15, 0.2) is 0 Å². The molecular weight excluding hydrogens is 162 g/mol. The maximum Gasteiger partial charge on any atom is 0.219 e. The van der Waals surface area contributed by atoms with E-state index in [1.807, 2.05) is 0 Å². The van der Waals surface area contributed by atoms with Crippen LogP contribution in [0.3, 0.4) is 0 Å². The number of carbonyl (C=O) groups excluding carboxylic acids is 1. The predicted molar refractivity (Wildman–Crippen MR) is 54.4 cm³/mol. The smallest absolute Gasteiger partial charge is 0.219 e. The lowest BCUT2D eigenvalue weighted by Gasteiger charge is -2.42. The topological polar surface area (TPSA) is 20.3 Å². The minimum atomic E-state index is 0.241. The second kappa shape index (κ2) is 4.12. The molecule has 0 aromatic heterocycles. The van der Waals surface area contributed by atoms with Crippen LogP contribution in [-0.2, 0) is 4.79 Å². The number of nitrogens with zero attached hydrogens (tertiary/aromatic N) is 1. The highest BCUT2D eigenvalue weighted by Gasteiger charge is 2.31. The Kier molecular flexibility index (Phi) is 3.34. The van der Waals surface area contributed by atoms with Crippen LogP contribution in [0.4, 0.5) is 0 Å². The SMILES string of the molecule is CC(=O)N1CCCC(C)C1C(C)C. The van der Waals surface area contributed by atoms with E-state index in [0.717, 1.165) is 6.54 Å². The van der Waals surface area contributed by atoms with Gasteiger partial charge in [-0.1, -0.05) is 20.8 Å². The summed E-state index contributed by atoms with van der Waals surface area (Å²) in [6, 6.07) is 0.464. The summed E-state index contributed by atoms with van der Waals surface area (Å²) in [6.45, 7) is 9.33. The van der Waals surface area contributed by atoms with Gasteiger partial charge in [-0.05, 0) is 24.7 Å². The van der Waals surface area contributed by atoms with Crippen molar-refractivity contribution in [1.82, 2.24) is 4.90 Å². The molecule has 76 valence electrons. The molecule has 0 aliphatic carbocycles. The van der Waals surface area contributed by atoms with E-state index in [9.17, 15) is 4.79 Å². The average Bonchev–Trinajstić information content (AvgIpc) is 2.02. The fourth-order valence-corrected chi connectivity index (χ4v) is 2.59. The highest BCUT2D eigenvalue weighted by Crippen LogP contribution is 2.28. The molecule has 2 unspecified atom stereocenters. The zero-order chi connectivity index (χ0) is 10.0. The van der Waals surface area contributed by atoms with Gasteiger partial charge in [-0.15, -0.1) is 0 Å². The van der Waals surface area contributed by atoms with Crippen molar-refractivity contribution in [3.63, 3.8) is 0 Å². The van der Waals surface area contributed by atoms with E-state index < -0.39 is 0 Å². The molecule has 0 spiro atoms. The second-order valence-corrected chi connectivity index (χ2v) is 4.57. The Hall–Kier alpha value is -0.530. The number of likely N-dealkylation sites (tertiary alicyclic amines) is 1. The van der Waals surface area contributed by atoms with Crippen LogP contribution in [0.15, 0.2) is 0 Å². The van der Waals surface area contributed by atoms with Gasteiger partial charge >= 0.3 is 0 Å². The summed E-state index contributed by atoms with van der Waals surface area (Å²) < 4.78 is 0. The van der Waals surface area contributed by atoms with Crippen molar-refractivity contribution < 1.29 is 4.79 Å². The molecule has 2 nitrogen and oxygen atoms in total. The summed E-state index contributed by atoms with van der Waals surface area (Å²) in [4.78, 5) is 13.4. The molecule has 13 heavy (non-hydrogen) atoms. The Labute approximate surface area is 81.3 Å². The van der Waals surface area contributed by atoms with Gasteiger partial charge in [0.05, 0.1) is 0 Å². The van der Waals surface area contributed by atoms with Crippen LogP contribution >= 0.6 is 0 Å². The summed E-state index contributed by atoms with van der Waals surface area (Å²) in [5.41, 5.74) is 0. The normalized spacial score (nSPS) is 29.5. The zero-order valence-corrected chi connectivity index (χ0v) is 9.21. The molecule has 0 saturated carbocycles. The van der Waals surface area contributed by atoms with Gasteiger partial charge in [-0.2, -0.15) is 0 Å². The quantitative estimate of drug-likeness (QED) is 0.611. The van der Waals surface area contributed by atoms with Crippen LogP contribution in [-0.4, -0.2) is 23.4 Å². The van der Waals surface area contributed by atoms with Crippen molar-refractivity contribution in [2.45, 2.75) is 46.6 Å². The summed E-state index contributed by atoms with van der Waals surface area (Å²) >= 11 is 0. The number of carbonyl (C=O) groups is 1. The maximum absolute atomic E-state index is 11.4. The number of hydrogen-bond acceptors (Lipinski definition) is 1. The first kappa shape index (κ1) is 10.6. The Morgan fingerprint density at radius 1 is 1.46 bits per heavy atom. The van der Waals surface area contributed by atoms with E-state index in [2.05, 4.69) is 25.7 Å². The van der Waals surface area contributed by atoms with Gasteiger partial charge in [-0.25, -0.2) is 0 Å². The van der Waals surface area contributed by atoms with E-state index in [0.29, 0.717) is 17.9 Å². The number of rotatable bonds is 1. The molecule has 1 aliphatic rings. The molecule has 1 aliphatic heterocycles. The molecule has 1 fully saturated rings. The fourth-order valence-electron chi connectivity index (χ4n) is 2.59. The average molecular weight is 183 g/mol. The molecule has 1 rings (SSSR count). The number of amides is 1. The lowest BCUT2D eigenvalue weighted by Crippen LogP contribution is -2.49. The van der Waals surface area contributed by atoms with E-state index in [4.69, 9.17) is 0 Å². The molecule has 1 amide bonds. The van der Waals surface area contributed by atoms with Gasteiger partial charge in [-0.3, -0.25) is 4.79 Å². The predicted octanol–water partition coefficient (Wildman–Crippen LogP) is 2.29. The molecule has 2 atom stereocenters. The summed E-state index contributed by atoms with van der Waals surface area (Å²) in [5.74, 6) is 1.49. The van der Waals surface area contributed by atoms with E-state index in [1.165, 1.54) is 12.8 Å². The van der Waals surface area contributed by atoms with Gasteiger partial charge in [0.25, 0.3) is 0 Å². The standard InChI is InChI=1S/C11H21NO/c1-8(2)11-9(3)6-5-7-12(11)10(4)13/h8-9,11H,5-7H2,1-4H3. The minimum absolute atomic E-state index is 0.241. The van der Waals surface area contributed by atoms with Crippen molar-refractivity contribution >= 4 is 5.91 Å². The summed E-state index contributed by atoms with van der Waals surface area (Å²) in [5, 5.41) is 0. The molecule has 0 aromatic carbocycles. The molecular formula is C11H21NO. The lowest BCUT2D eigenvalue weighted by atomic mass is 9.84. The number of hydrogen-bond donors (Lipinski definition) is 0. The van der Waals surface area contributed by atoms with Crippen LogP contribution in [0.25, 0.3) is 0 Å². The van der Waals surface area contributed by atoms with E-state index >= 15 is 0 Å². The van der Waals surface area contributed by atoms with Gasteiger partial charge in [0.2, 0.25) is 5.91 Å². The van der Waals surface area contributed by atoms with Crippen LogP contribution in [0, 0.1) is 11.8 Å². The molecule has 0 bridgehead atoms. The van der Waals surface area contributed by atoms with Crippen molar-refractivity contribution in [1.29, 1.82) is 0 Å². The molecule has 0 aromatic rings. The van der Waals surface area contributed by atoms with Crippen molar-refractivity contribution in [3.05, 3.63) is 0 Å². The van der Waals surface area contributed by atoms with E-state index in [-0.39, 0.29) is 5.91 Å². The minimum Gasteiger partial charge on any atom is -0.339 e. The molecule has 1 saturated heterocycles. The van der Waals surface area contributed by atoms with Gasteiger partial charge in [0, 0.05) is 19.5 Å². The first-order valence-electron chi connectivity index (χ1n) is 5.31. The summed E-state index contributed by atoms with van der Waals surface area (Å²) in [7, 11) is 0. The Morgan fingerprint density at radius 3 is 2.46 bits per heavy atom. The monoisotopic (exact) mass is 183 g/mol. The first-order valence-corrected chi connectivity index (χ1v) is 5.31. The third-order valence-corrected chi connectivity index (χ3v) is 3.09. The van der Waals surface area contributed by atoms with Crippen LogP contribution in [0.1, 0.15) is 40.5 Å². The van der Waals surface area contributed by atoms with Crippen LogP contribution < -0.4 is 0 Å². The third kappa shape index (κ3) is 2.23. The first-order chi connectivity index (χ1) is 6.04. The third-order valence-electron chi connectivity index (χ3n) is 3.09. The second-order valence-electron chi connectivity index (χ2n) is 4.57. The maximum atomic E-state index is 11.4. The highest BCUT2D eigenvalue weighted by molar-refractivity contribution is 5.73. The zero-order valence-electron chi connectivity index (χ0n) is 9.21. The molecule has 0 radical (unpaired) electrons. The van der Waals surface area contributed by atoms with Crippen LogP contribution in [0.5, 0.6) is 0 Å². The van der Waals surface area contributed by atoms with Gasteiger partial charge < -0.3 is 4.90 Å².